The quantitative estimate of drug-likeness (QED) is 0.464. The number of likely N-dealkylation sites (N-methyl/N-ethyl adjacent to an activating group) is 1. The standard InChI is InChI=1S/C27H33N3O4S/c1-5-20(2)28-27(32)21(3)30(18-22-11-7-6-8-12-22)26(31)19-29(4)35(33,34)25-16-15-23-13-9-10-14-24(23)17-25/h6-17,20-21H,5,18-19H2,1-4H3,(H,28,32)/t20-,21+/m0/s1. The summed E-state index contributed by atoms with van der Waals surface area (Å²) >= 11 is 0. The molecule has 186 valence electrons. The third kappa shape index (κ3) is 6.46. The monoisotopic (exact) mass is 495 g/mol. The lowest BCUT2D eigenvalue weighted by molar-refractivity contribution is -0.140. The van der Waals surface area contributed by atoms with Gasteiger partial charge in [-0.05, 0) is 48.7 Å². The molecule has 3 aromatic rings. The largest absolute Gasteiger partial charge is 0.352 e. The Morgan fingerprint density at radius 3 is 2.20 bits per heavy atom. The number of carbonyl (C=O) groups is 2. The fourth-order valence-corrected chi connectivity index (χ4v) is 4.86. The molecule has 8 heteroatoms. The van der Waals surface area contributed by atoms with Gasteiger partial charge in [-0.15, -0.1) is 0 Å². The summed E-state index contributed by atoms with van der Waals surface area (Å²) < 4.78 is 27.6. The number of hydrogen-bond donors (Lipinski definition) is 1. The van der Waals surface area contributed by atoms with E-state index in [9.17, 15) is 18.0 Å². The van der Waals surface area contributed by atoms with Crippen LogP contribution >= 0.6 is 0 Å². The number of benzene rings is 3. The topological polar surface area (TPSA) is 86.8 Å². The van der Waals surface area contributed by atoms with Crippen LogP contribution in [0.4, 0.5) is 0 Å². The maximum absolute atomic E-state index is 13.4. The highest BCUT2D eigenvalue weighted by molar-refractivity contribution is 7.89. The lowest BCUT2D eigenvalue weighted by Gasteiger charge is -2.31. The normalized spacial score (nSPS) is 13.4. The summed E-state index contributed by atoms with van der Waals surface area (Å²) in [5, 5.41) is 4.64. The van der Waals surface area contributed by atoms with Crippen LogP contribution in [0.15, 0.2) is 77.7 Å². The first-order chi connectivity index (χ1) is 16.6. The molecule has 0 aliphatic heterocycles. The predicted molar refractivity (Wildman–Crippen MR) is 138 cm³/mol. The summed E-state index contributed by atoms with van der Waals surface area (Å²) in [6.45, 7) is 5.34. The third-order valence-electron chi connectivity index (χ3n) is 6.15. The molecule has 35 heavy (non-hydrogen) atoms. The molecule has 3 aromatic carbocycles. The van der Waals surface area contributed by atoms with Crippen LogP contribution < -0.4 is 5.32 Å². The van der Waals surface area contributed by atoms with E-state index in [4.69, 9.17) is 0 Å². The van der Waals surface area contributed by atoms with Crippen LogP contribution in [0, 0.1) is 0 Å². The minimum absolute atomic E-state index is 0.0328. The van der Waals surface area contributed by atoms with Crippen LogP contribution in [0.2, 0.25) is 0 Å². The summed E-state index contributed by atoms with van der Waals surface area (Å²) in [6.07, 6.45) is 0.762. The first-order valence-electron chi connectivity index (χ1n) is 11.7. The van der Waals surface area contributed by atoms with Gasteiger partial charge in [0.25, 0.3) is 0 Å². The third-order valence-corrected chi connectivity index (χ3v) is 7.95. The van der Waals surface area contributed by atoms with Gasteiger partial charge < -0.3 is 10.2 Å². The Morgan fingerprint density at radius 2 is 1.54 bits per heavy atom. The number of sulfonamides is 1. The van der Waals surface area contributed by atoms with Gasteiger partial charge in [0, 0.05) is 19.6 Å². The van der Waals surface area contributed by atoms with Crippen molar-refractivity contribution in [2.75, 3.05) is 13.6 Å². The number of hydrogen-bond acceptors (Lipinski definition) is 4. The average molecular weight is 496 g/mol. The summed E-state index contributed by atoms with van der Waals surface area (Å²) in [7, 11) is -2.53. The highest BCUT2D eigenvalue weighted by Crippen LogP contribution is 2.21. The van der Waals surface area contributed by atoms with E-state index in [0.717, 1.165) is 27.1 Å². The summed E-state index contributed by atoms with van der Waals surface area (Å²) in [5.41, 5.74) is 0.851. The van der Waals surface area contributed by atoms with Crippen molar-refractivity contribution in [3.05, 3.63) is 78.4 Å². The first kappa shape index (κ1) is 26.4. The van der Waals surface area contributed by atoms with Crippen molar-refractivity contribution in [3.8, 4) is 0 Å². The van der Waals surface area contributed by atoms with Gasteiger partial charge in [-0.25, -0.2) is 8.42 Å². The van der Waals surface area contributed by atoms with E-state index in [1.807, 2.05) is 68.4 Å². The smallest absolute Gasteiger partial charge is 0.243 e. The lowest BCUT2D eigenvalue weighted by atomic mass is 10.1. The van der Waals surface area contributed by atoms with E-state index < -0.39 is 22.0 Å². The van der Waals surface area contributed by atoms with Crippen molar-refractivity contribution in [3.63, 3.8) is 0 Å². The Labute approximate surface area is 207 Å². The van der Waals surface area contributed by atoms with Gasteiger partial charge in [0.15, 0.2) is 0 Å². The molecule has 0 radical (unpaired) electrons. The second-order valence-corrected chi connectivity index (χ2v) is 10.8. The fraction of sp³-hybridized carbons (Fsp3) is 0.333. The molecule has 0 bridgehead atoms. The number of amides is 2. The van der Waals surface area contributed by atoms with Crippen LogP contribution in [0.25, 0.3) is 10.8 Å². The molecule has 0 saturated heterocycles. The lowest BCUT2D eigenvalue weighted by Crippen LogP contribution is -2.51. The SMILES string of the molecule is CC[C@H](C)NC(=O)[C@@H](C)N(Cc1ccccc1)C(=O)CN(C)S(=O)(=O)c1ccc2ccccc2c1. The zero-order valence-electron chi connectivity index (χ0n) is 20.6. The van der Waals surface area contributed by atoms with Crippen LogP contribution in [0.5, 0.6) is 0 Å². The van der Waals surface area contributed by atoms with Crippen molar-refractivity contribution in [2.24, 2.45) is 0 Å². The Morgan fingerprint density at radius 1 is 0.914 bits per heavy atom. The van der Waals surface area contributed by atoms with E-state index in [-0.39, 0.29) is 29.9 Å². The number of fused-ring (bicyclic) bond motifs is 1. The summed E-state index contributed by atoms with van der Waals surface area (Å²) in [4.78, 5) is 27.8. The van der Waals surface area contributed by atoms with Gasteiger partial charge >= 0.3 is 0 Å². The Kier molecular flexibility index (Phi) is 8.64. The van der Waals surface area contributed by atoms with E-state index >= 15 is 0 Å². The molecule has 7 nitrogen and oxygen atoms in total. The number of nitrogens with one attached hydrogen (secondary N) is 1. The van der Waals surface area contributed by atoms with Crippen LogP contribution in [0.1, 0.15) is 32.8 Å². The van der Waals surface area contributed by atoms with Gasteiger partial charge in [-0.1, -0.05) is 67.6 Å². The number of carbonyl (C=O) groups excluding carboxylic acids is 2. The highest BCUT2D eigenvalue weighted by Gasteiger charge is 2.30. The predicted octanol–water partition coefficient (Wildman–Crippen LogP) is 3.79. The molecule has 0 heterocycles. The zero-order valence-corrected chi connectivity index (χ0v) is 21.5. The Bertz CT molecular complexity index is 1280. The molecule has 0 aromatic heterocycles. The van der Waals surface area contributed by atoms with Gasteiger partial charge in [0.05, 0.1) is 11.4 Å². The molecule has 0 fully saturated rings. The van der Waals surface area contributed by atoms with Crippen LogP contribution in [0.3, 0.4) is 0 Å². The van der Waals surface area contributed by atoms with Crippen LogP contribution in [-0.2, 0) is 26.2 Å². The van der Waals surface area contributed by atoms with Crippen molar-refractivity contribution in [1.82, 2.24) is 14.5 Å². The van der Waals surface area contributed by atoms with Gasteiger partial charge in [-0.3, -0.25) is 9.59 Å². The molecule has 0 unspecified atom stereocenters. The minimum Gasteiger partial charge on any atom is -0.352 e. The molecular formula is C27H33N3O4S. The van der Waals surface area contributed by atoms with Gasteiger partial charge in [0.2, 0.25) is 21.8 Å². The van der Waals surface area contributed by atoms with Crippen LogP contribution in [-0.4, -0.2) is 55.1 Å². The molecular weight excluding hydrogens is 462 g/mol. The molecule has 0 spiro atoms. The number of nitrogens with zero attached hydrogens (tertiary/aromatic N) is 2. The molecule has 2 amide bonds. The van der Waals surface area contributed by atoms with E-state index in [1.165, 1.54) is 11.9 Å². The molecule has 1 N–H and O–H groups in total. The van der Waals surface area contributed by atoms with Crippen molar-refractivity contribution in [1.29, 1.82) is 0 Å². The van der Waals surface area contributed by atoms with E-state index in [1.54, 1.807) is 25.1 Å². The van der Waals surface area contributed by atoms with Crippen molar-refractivity contribution < 1.29 is 18.0 Å². The zero-order chi connectivity index (χ0) is 25.6. The highest BCUT2D eigenvalue weighted by atomic mass is 32.2. The van der Waals surface area contributed by atoms with Crippen molar-refractivity contribution >= 4 is 32.6 Å². The fourth-order valence-electron chi connectivity index (χ4n) is 3.70. The molecule has 3 rings (SSSR count). The Balaban J connectivity index is 1.83. The maximum Gasteiger partial charge on any atom is 0.243 e. The summed E-state index contributed by atoms with van der Waals surface area (Å²) in [6, 6.07) is 20.9. The second-order valence-electron chi connectivity index (χ2n) is 8.77. The van der Waals surface area contributed by atoms with E-state index in [0.29, 0.717) is 0 Å². The van der Waals surface area contributed by atoms with Gasteiger partial charge in [0.1, 0.15) is 6.04 Å². The molecule has 0 aliphatic carbocycles. The van der Waals surface area contributed by atoms with Gasteiger partial charge in [-0.2, -0.15) is 4.31 Å². The number of rotatable bonds is 10. The molecule has 0 aliphatic rings. The Hall–Kier alpha value is -3.23. The first-order valence-corrected chi connectivity index (χ1v) is 13.2. The summed E-state index contributed by atoms with van der Waals surface area (Å²) in [5.74, 6) is -0.726. The average Bonchev–Trinajstić information content (AvgIpc) is 2.86. The van der Waals surface area contributed by atoms with Crippen molar-refractivity contribution in [2.45, 2.75) is 50.7 Å². The molecule has 2 atom stereocenters. The van der Waals surface area contributed by atoms with E-state index in [2.05, 4.69) is 5.32 Å². The maximum atomic E-state index is 13.4. The molecule has 0 saturated carbocycles. The minimum atomic E-state index is -3.92. The second kappa shape index (κ2) is 11.5.